The normalized spacial score (nSPS) is 27.5. The van der Waals surface area contributed by atoms with Crippen molar-refractivity contribution in [2.45, 2.75) is 45.4 Å². The molecular weight excluding hydrogens is 258 g/mol. The number of hydrogen-bond acceptors (Lipinski definition) is 3. The molecule has 0 aromatic heterocycles. The van der Waals surface area contributed by atoms with Gasteiger partial charge in [0.15, 0.2) is 0 Å². The number of ether oxygens (including phenoxy) is 1. The van der Waals surface area contributed by atoms with Gasteiger partial charge in [-0.15, -0.1) is 0 Å². The smallest absolute Gasteiger partial charge is 0.119 e. The van der Waals surface area contributed by atoms with Gasteiger partial charge in [-0.25, -0.2) is 0 Å². The first-order valence-corrected chi connectivity index (χ1v) is 8.45. The molecule has 1 N–H and O–H groups in total. The minimum Gasteiger partial charge on any atom is -0.491 e. The van der Waals surface area contributed by atoms with Crippen molar-refractivity contribution in [3.8, 4) is 5.75 Å². The zero-order valence-electron chi connectivity index (χ0n) is 11.9. The molecule has 1 saturated heterocycles. The van der Waals surface area contributed by atoms with Crippen molar-refractivity contribution in [1.29, 1.82) is 0 Å². The van der Waals surface area contributed by atoms with Crippen molar-refractivity contribution < 1.29 is 8.95 Å². The molecule has 2 rings (SSSR count). The summed E-state index contributed by atoms with van der Waals surface area (Å²) in [5.74, 6) is 2.38. The molecule has 4 heteroatoms. The zero-order valence-corrected chi connectivity index (χ0v) is 12.7. The summed E-state index contributed by atoms with van der Waals surface area (Å²) in [7, 11) is -0.709. The first-order valence-electron chi connectivity index (χ1n) is 6.96. The minimum atomic E-state index is -0.709. The van der Waals surface area contributed by atoms with Gasteiger partial charge in [0.1, 0.15) is 5.75 Å². The van der Waals surface area contributed by atoms with Crippen LogP contribution in [0.2, 0.25) is 0 Å². The van der Waals surface area contributed by atoms with Crippen molar-refractivity contribution in [3.63, 3.8) is 0 Å². The summed E-state index contributed by atoms with van der Waals surface area (Å²) in [6.45, 7) is 6.17. The SMILES string of the molecule is CCC1CS(=O)CC(c2ccc(OC(C)C)cc2)N1. The lowest BCUT2D eigenvalue weighted by atomic mass is 10.1. The van der Waals surface area contributed by atoms with E-state index in [4.69, 9.17) is 4.74 Å². The van der Waals surface area contributed by atoms with Gasteiger partial charge in [0.05, 0.1) is 6.10 Å². The predicted molar refractivity (Wildman–Crippen MR) is 80.0 cm³/mol. The van der Waals surface area contributed by atoms with E-state index in [1.807, 2.05) is 26.0 Å². The highest BCUT2D eigenvalue weighted by Gasteiger charge is 2.25. The molecule has 3 atom stereocenters. The molecule has 0 bridgehead atoms. The van der Waals surface area contributed by atoms with Gasteiger partial charge in [-0.2, -0.15) is 0 Å². The molecule has 3 unspecified atom stereocenters. The van der Waals surface area contributed by atoms with Crippen LogP contribution < -0.4 is 10.1 Å². The highest BCUT2D eigenvalue weighted by atomic mass is 32.2. The third-order valence-corrected chi connectivity index (χ3v) is 4.80. The molecule has 1 aromatic rings. The van der Waals surface area contributed by atoms with Crippen LogP contribution in [0, 0.1) is 0 Å². The van der Waals surface area contributed by atoms with E-state index in [0.29, 0.717) is 11.8 Å². The van der Waals surface area contributed by atoms with Crippen molar-refractivity contribution in [2.24, 2.45) is 0 Å². The summed E-state index contributed by atoms with van der Waals surface area (Å²) in [5.41, 5.74) is 1.20. The van der Waals surface area contributed by atoms with Crippen LogP contribution in [0.5, 0.6) is 5.75 Å². The average Bonchev–Trinajstić information content (AvgIpc) is 2.38. The Morgan fingerprint density at radius 2 is 2.00 bits per heavy atom. The van der Waals surface area contributed by atoms with Crippen LogP contribution in [0.3, 0.4) is 0 Å². The molecule has 0 amide bonds. The minimum absolute atomic E-state index is 0.190. The average molecular weight is 281 g/mol. The third kappa shape index (κ3) is 4.05. The Hall–Kier alpha value is -0.870. The quantitative estimate of drug-likeness (QED) is 0.922. The summed E-state index contributed by atoms with van der Waals surface area (Å²) in [4.78, 5) is 0. The lowest BCUT2D eigenvalue weighted by Gasteiger charge is -2.30. The zero-order chi connectivity index (χ0) is 13.8. The highest BCUT2D eigenvalue weighted by Crippen LogP contribution is 2.23. The van der Waals surface area contributed by atoms with E-state index in [9.17, 15) is 4.21 Å². The Morgan fingerprint density at radius 1 is 1.32 bits per heavy atom. The largest absolute Gasteiger partial charge is 0.491 e. The van der Waals surface area contributed by atoms with E-state index in [-0.39, 0.29) is 12.1 Å². The maximum Gasteiger partial charge on any atom is 0.119 e. The van der Waals surface area contributed by atoms with Gasteiger partial charge in [0, 0.05) is 34.4 Å². The monoisotopic (exact) mass is 281 g/mol. The maximum atomic E-state index is 11.9. The second-order valence-corrected chi connectivity index (χ2v) is 6.88. The van der Waals surface area contributed by atoms with Crippen LogP contribution in [-0.2, 0) is 10.8 Å². The summed E-state index contributed by atoms with van der Waals surface area (Å²) in [6, 6.07) is 8.71. The molecule has 1 heterocycles. The van der Waals surface area contributed by atoms with E-state index in [1.165, 1.54) is 5.56 Å². The van der Waals surface area contributed by atoms with Crippen LogP contribution in [0.1, 0.15) is 38.8 Å². The Bertz CT molecular complexity index is 430. The second kappa shape index (κ2) is 6.53. The molecule has 19 heavy (non-hydrogen) atoms. The molecule has 1 aromatic carbocycles. The van der Waals surface area contributed by atoms with E-state index >= 15 is 0 Å². The topological polar surface area (TPSA) is 38.3 Å². The van der Waals surface area contributed by atoms with Gasteiger partial charge in [-0.3, -0.25) is 4.21 Å². The Kier molecular flexibility index (Phi) is 4.99. The molecule has 0 spiro atoms. The van der Waals surface area contributed by atoms with Gasteiger partial charge in [-0.1, -0.05) is 19.1 Å². The van der Waals surface area contributed by atoms with Gasteiger partial charge < -0.3 is 10.1 Å². The van der Waals surface area contributed by atoms with Gasteiger partial charge in [0.25, 0.3) is 0 Å². The van der Waals surface area contributed by atoms with Crippen molar-refractivity contribution in [1.82, 2.24) is 5.32 Å². The van der Waals surface area contributed by atoms with Crippen molar-refractivity contribution in [2.75, 3.05) is 11.5 Å². The first-order chi connectivity index (χ1) is 9.08. The van der Waals surface area contributed by atoms with E-state index < -0.39 is 10.8 Å². The fourth-order valence-corrected chi connectivity index (χ4v) is 3.92. The van der Waals surface area contributed by atoms with Crippen LogP contribution in [-0.4, -0.2) is 27.9 Å². The molecule has 0 radical (unpaired) electrons. The third-order valence-electron chi connectivity index (χ3n) is 3.32. The molecule has 0 saturated carbocycles. The standard InChI is InChI=1S/C15H23NO2S/c1-4-13-9-19(17)10-15(16-13)12-5-7-14(8-6-12)18-11(2)3/h5-8,11,13,15-16H,4,9-10H2,1-3H3. The summed E-state index contributed by atoms with van der Waals surface area (Å²) >= 11 is 0. The van der Waals surface area contributed by atoms with E-state index in [1.54, 1.807) is 0 Å². The maximum absolute atomic E-state index is 11.9. The Balaban J connectivity index is 2.06. The predicted octanol–water partition coefficient (Wildman–Crippen LogP) is 2.65. The molecule has 1 aliphatic heterocycles. The number of hydrogen-bond donors (Lipinski definition) is 1. The lowest BCUT2D eigenvalue weighted by molar-refractivity contribution is 0.242. The van der Waals surface area contributed by atoms with Crippen molar-refractivity contribution in [3.05, 3.63) is 29.8 Å². The van der Waals surface area contributed by atoms with Crippen LogP contribution in [0.25, 0.3) is 0 Å². The second-order valence-electron chi connectivity index (χ2n) is 5.33. The molecule has 1 aliphatic rings. The Morgan fingerprint density at radius 3 is 2.58 bits per heavy atom. The summed E-state index contributed by atoms with van der Waals surface area (Å²) < 4.78 is 17.5. The van der Waals surface area contributed by atoms with Crippen LogP contribution >= 0.6 is 0 Å². The van der Waals surface area contributed by atoms with Crippen molar-refractivity contribution >= 4 is 10.8 Å². The van der Waals surface area contributed by atoms with Gasteiger partial charge >= 0.3 is 0 Å². The van der Waals surface area contributed by atoms with Gasteiger partial charge in [-0.05, 0) is 38.0 Å². The molecule has 1 fully saturated rings. The molecular formula is C15H23NO2S. The molecule has 0 aliphatic carbocycles. The van der Waals surface area contributed by atoms with E-state index in [2.05, 4.69) is 24.4 Å². The number of benzene rings is 1. The molecule has 106 valence electrons. The number of nitrogens with one attached hydrogen (secondary N) is 1. The fraction of sp³-hybridized carbons (Fsp3) is 0.600. The summed E-state index contributed by atoms with van der Waals surface area (Å²) in [6.07, 6.45) is 1.21. The van der Waals surface area contributed by atoms with Crippen LogP contribution in [0.4, 0.5) is 0 Å². The fourth-order valence-electron chi connectivity index (χ4n) is 2.34. The summed E-state index contributed by atoms with van der Waals surface area (Å²) in [5, 5.41) is 3.58. The highest BCUT2D eigenvalue weighted by molar-refractivity contribution is 7.85. The molecule has 3 nitrogen and oxygen atoms in total. The van der Waals surface area contributed by atoms with Crippen LogP contribution in [0.15, 0.2) is 24.3 Å². The lowest BCUT2D eigenvalue weighted by Crippen LogP contribution is -2.44. The number of rotatable bonds is 4. The Labute approximate surface area is 118 Å². The van der Waals surface area contributed by atoms with Gasteiger partial charge in [0.2, 0.25) is 0 Å². The van der Waals surface area contributed by atoms with E-state index in [0.717, 1.165) is 17.9 Å². The first kappa shape index (κ1) is 14.5.